The van der Waals surface area contributed by atoms with Crippen LogP contribution in [0.1, 0.15) is 5.56 Å². The molecule has 0 radical (unpaired) electrons. The second kappa shape index (κ2) is 11.4. The van der Waals surface area contributed by atoms with Gasteiger partial charge >= 0.3 is 6.09 Å². The van der Waals surface area contributed by atoms with Gasteiger partial charge in [-0.3, -0.25) is 5.32 Å². The van der Waals surface area contributed by atoms with Crippen LogP contribution >= 0.6 is 34.8 Å². The van der Waals surface area contributed by atoms with Crippen molar-refractivity contribution in [2.45, 2.75) is 10.7 Å². The Morgan fingerprint density at radius 1 is 1.27 bits per heavy atom. The maximum absolute atomic E-state index is 14.6. The summed E-state index contributed by atoms with van der Waals surface area (Å²) in [4.78, 5) is 18.8. The molecular weight excluding hydrogens is 498 g/mol. The van der Waals surface area contributed by atoms with Crippen molar-refractivity contribution in [2.75, 3.05) is 61.6 Å². The first-order valence-corrected chi connectivity index (χ1v) is 11.3. The highest BCUT2D eigenvalue weighted by Crippen LogP contribution is 2.33. The number of hydrogen-bond donors (Lipinski definition) is 3. The minimum Gasteiger partial charge on any atom is -0.445 e. The normalized spacial score (nSPS) is 14.2. The van der Waals surface area contributed by atoms with E-state index in [9.17, 15) is 14.3 Å². The highest BCUT2D eigenvalue weighted by Gasteiger charge is 2.23. The van der Waals surface area contributed by atoms with E-state index in [1.54, 1.807) is 13.0 Å². The standard InChI is InChI=1S/C21H24Cl3FN4O4/c1-13-8-16(25)17(27-20(31)33-12-21(22,23)24)11-15(13)14-9-18(26-2-5-30)28-19(10-14)29-3-6-32-7-4-29/h8-11,30H,2-7,12H2,1H3,(H,26,28)(H,27,31). The van der Waals surface area contributed by atoms with Crippen LogP contribution in [-0.4, -0.2) is 66.0 Å². The largest absolute Gasteiger partial charge is 0.445 e. The van der Waals surface area contributed by atoms with Crippen molar-refractivity contribution >= 4 is 58.2 Å². The highest BCUT2D eigenvalue weighted by molar-refractivity contribution is 6.67. The van der Waals surface area contributed by atoms with E-state index in [0.29, 0.717) is 49.8 Å². The number of alkyl halides is 3. The molecule has 0 bridgehead atoms. The summed E-state index contributed by atoms with van der Waals surface area (Å²) in [5, 5.41) is 14.6. The van der Waals surface area contributed by atoms with Crippen LogP contribution in [0.2, 0.25) is 0 Å². The summed E-state index contributed by atoms with van der Waals surface area (Å²) in [6, 6.07) is 6.51. The van der Waals surface area contributed by atoms with Gasteiger partial charge in [0, 0.05) is 19.6 Å². The number of anilines is 3. The number of benzene rings is 1. The Balaban J connectivity index is 1.93. The summed E-state index contributed by atoms with van der Waals surface area (Å²) in [6.07, 6.45) is -0.955. The van der Waals surface area contributed by atoms with Gasteiger partial charge in [-0.1, -0.05) is 34.8 Å². The summed E-state index contributed by atoms with van der Waals surface area (Å²) in [6.45, 7) is 4.08. The van der Waals surface area contributed by atoms with E-state index in [1.165, 1.54) is 12.1 Å². The van der Waals surface area contributed by atoms with Crippen LogP contribution in [-0.2, 0) is 9.47 Å². The maximum Gasteiger partial charge on any atom is 0.411 e. The first-order valence-electron chi connectivity index (χ1n) is 10.2. The zero-order valence-electron chi connectivity index (χ0n) is 17.8. The first-order chi connectivity index (χ1) is 15.7. The van der Waals surface area contributed by atoms with E-state index >= 15 is 0 Å². The van der Waals surface area contributed by atoms with Crippen molar-refractivity contribution in [3.8, 4) is 11.1 Å². The number of aliphatic hydroxyl groups excluding tert-OH is 1. The van der Waals surface area contributed by atoms with Gasteiger partial charge in [-0.25, -0.2) is 14.2 Å². The minimum atomic E-state index is -1.78. The van der Waals surface area contributed by atoms with Crippen molar-refractivity contribution in [1.82, 2.24) is 4.98 Å². The summed E-state index contributed by atoms with van der Waals surface area (Å²) in [7, 11) is 0. The number of halogens is 4. The summed E-state index contributed by atoms with van der Waals surface area (Å²) in [5.74, 6) is 0.642. The molecule has 2 aromatic rings. The van der Waals surface area contributed by atoms with Gasteiger partial charge in [0.15, 0.2) is 0 Å². The third-order valence-corrected chi connectivity index (χ3v) is 5.12. The Hall–Kier alpha value is -2.04. The van der Waals surface area contributed by atoms with Gasteiger partial charge in [-0.2, -0.15) is 0 Å². The number of aliphatic hydroxyl groups is 1. The summed E-state index contributed by atoms with van der Waals surface area (Å²) >= 11 is 16.7. The van der Waals surface area contributed by atoms with Crippen molar-refractivity contribution in [1.29, 1.82) is 0 Å². The van der Waals surface area contributed by atoms with Gasteiger partial charge in [-0.05, 0) is 47.9 Å². The quantitative estimate of drug-likeness (QED) is 0.466. The van der Waals surface area contributed by atoms with Crippen LogP contribution in [0.25, 0.3) is 11.1 Å². The lowest BCUT2D eigenvalue weighted by molar-refractivity contribution is 0.122. The van der Waals surface area contributed by atoms with Crippen molar-refractivity contribution in [3.63, 3.8) is 0 Å². The fraction of sp³-hybridized carbons (Fsp3) is 0.429. The molecule has 180 valence electrons. The molecule has 1 amide bonds. The number of aryl methyl sites for hydroxylation is 1. The van der Waals surface area contributed by atoms with E-state index in [1.807, 2.05) is 6.07 Å². The highest BCUT2D eigenvalue weighted by atomic mass is 35.6. The van der Waals surface area contributed by atoms with Crippen LogP contribution < -0.4 is 15.5 Å². The molecule has 0 spiro atoms. The fourth-order valence-electron chi connectivity index (χ4n) is 3.27. The molecular formula is C21H24Cl3FN4O4. The average Bonchev–Trinajstić information content (AvgIpc) is 2.78. The van der Waals surface area contributed by atoms with Crippen LogP contribution in [0.5, 0.6) is 0 Å². The van der Waals surface area contributed by atoms with Gasteiger partial charge in [0.05, 0.1) is 25.5 Å². The summed E-state index contributed by atoms with van der Waals surface area (Å²) in [5.41, 5.74) is 2.00. The molecule has 0 atom stereocenters. The zero-order valence-corrected chi connectivity index (χ0v) is 20.1. The number of aromatic nitrogens is 1. The third kappa shape index (κ3) is 7.48. The number of nitrogens with one attached hydrogen (secondary N) is 2. The lowest BCUT2D eigenvalue weighted by Crippen LogP contribution is -2.36. The number of nitrogens with zero attached hydrogens (tertiary/aromatic N) is 2. The Labute approximate surface area is 205 Å². The van der Waals surface area contributed by atoms with E-state index in [0.717, 1.165) is 11.4 Å². The van der Waals surface area contributed by atoms with Gasteiger partial charge in [0.2, 0.25) is 3.79 Å². The molecule has 0 unspecified atom stereocenters. The number of amides is 1. The Morgan fingerprint density at radius 3 is 2.67 bits per heavy atom. The van der Waals surface area contributed by atoms with E-state index in [-0.39, 0.29) is 12.3 Å². The number of hydrogen-bond acceptors (Lipinski definition) is 7. The van der Waals surface area contributed by atoms with E-state index < -0.39 is 22.3 Å². The predicted octanol–water partition coefficient (Wildman–Crippen LogP) is 4.36. The number of ether oxygens (including phenoxy) is 2. The number of pyridine rings is 1. The van der Waals surface area contributed by atoms with Crippen LogP contribution in [0, 0.1) is 12.7 Å². The molecule has 33 heavy (non-hydrogen) atoms. The van der Waals surface area contributed by atoms with E-state index in [2.05, 4.69) is 20.5 Å². The number of rotatable bonds is 7. The van der Waals surface area contributed by atoms with Crippen LogP contribution in [0.4, 0.5) is 26.5 Å². The molecule has 8 nitrogen and oxygen atoms in total. The Bertz CT molecular complexity index is 985. The Morgan fingerprint density at radius 2 is 2.00 bits per heavy atom. The van der Waals surface area contributed by atoms with Crippen LogP contribution in [0.3, 0.4) is 0 Å². The smallest absolute Gasteiger partial charge is 0.411 e. The van der Waals surface area contributed by atoms with Gasteiger partial charge < -0.3 is 24.8 Å². The molecule has 1 aromatic heterocycles. The lowest BCUT2D eigenvalue weighted by Gasteiger charge is -2.28. The molecule has 1 aliphatic heterocycles. The van der Waals surface area contributed by atoms with Crippen LogP contribution in [0.15, 0.2) is 24.3 Å². The number of carbonyl (C=O) groups is 1. The molecule has 0 saturated carbocycles. The zero-order chi connectivity index (χ0) is 24.0. The van der Waals surface area contributed by atoms with Gasteiger partial charge in [0.1, 0.15) is 24.1 Å². The molecule has 2 heterocycles. The monoisotopic (exact) mass is 520 g/mol. The maximum atomic E-state index is 14.6. The van der Waals surface area contributed by atoms with Gasteiger partial charge in [0.25, 0.3) is 0 Å². The number of carbonyl (C=O) groups excluding carboxylic acids is 1. The van der Waals surface area contributed by atoms with E-state index in [4.69, 9.17) is 44.3 Å². The molecule has 12 heteroatoms. The van der Waals surface area contributed by atoms with Crippen molar-refractivity contribution in [3.05, 3.63) is 35.6 Å². The van der Waals surface area contributed by atoms with Crippen molar-refractivity contribution in [2.24, 2.45) is 0 Å². The average molecular weight is 522 g/mol. The molecule has 3 rings (SSSR count). The summed E-state index contributed by atoms with van der Waals surface area (Å²) < 4.78 is 23.0. The second-order valence-corrected chi connectivity index (χ2v) is 9.83. The Kier molecular flexibility index (Phi) is 8.83. The molecule has 1 aromatic carbocycles. The molecule has 0 aliphatic carbocycles. The molecule has 1 saturated heterocycles. The SMILES string of the molecule is Cc1cc(F)c(NC(=O)OCC(Cl)(Cl)Cl)cc1-c1cc(NCCO)nc(N2CCOCC2)c1. The minimum absolute atomic E-state index is 0.0568. The topological polar surface area (TPSA) is 96.0 Å². The fourth-order valence-corrected chi connectivity index (χ4v) is 3.44. The molecule has 1 fully saturated rings. The molecule has 3 N–H and O–H groups in total. The first kappa shape index (κ1) is 25.6. The van der Waals surface area contributed by atoms with Gasteiger partial charge in [-0.15, -0.1) is 0 Å². The number of morpholine rings is 1. The lowest BCUT2D eigenvalue weighted by atomic mass is 9.99. The molecule has 1 aliphatic rings. The second-order valence-electron chi connectivity index (χ2n) is 7.31. The van der Waals surface area contributed by atoms with Crippen molar-refractivity contribution < 1.29 is 23.8 Å². The predicted molar refractivity (Wildman–Crippen MR) is 128 cm³/mol. The third-order valence-electron chi connectivity index (χ3n) is 4.79.